The van der Waals surface area contributed by atoms with Crippen LogP contribution in [0.5, 0.6) is 5.75 Å². The van der Waals surface area contributed by atoms with E-state index in [1.54, 1.807) is 12.1 Å². The summed E-state index contributed by atoms with van der Waals surface area (Å²) in [7, 11) is 0. The molecule has 0 radical (unpaired) electrons. The number of benzene rings is 1. The number of carbonyl (C=O) groups is 2. The molecule has 1 heterocycles. The SMILES string of the molecule is CC1Oc2c(C(=O)NCC(=O)O)cccc2C1C. The highest BCUT2D eigenvalue weighted by Gasteiger charge is 2.30. The van der Waals surface area contributed by atoms with E-state index in [9.17, 15) is 9.59 Å². The van der Waals surface area contributed by atoms with Crippen LogP contribution in [0.15, 0.2) is 18.2 Å². The second-order valence-corrected chi connectivity index (χ2v) is 4.41. The normalized spacial score (nSPS) is 21.0. The van der Waals surface area contributed by atoms with Crippen LogP contribution in [0.1, 0.15) is 35.7 Å². The third kappa shape index (κ3) is 2.16. The summed E-state index contributed by atoms with van der Waals surface area (Å²) in [4.78, 5) is 22.3. The number of rotatable bonds is 3. The fourth-order valence-electron chi connectivity index (χ4n) is 2.02. The first-order valence-corrected chi connectivity index (χ1v) is 5.80. The van der Waals surface area contributed by atoms with E-state index < -0.39 is 18.4 Å². The Morgan fingerprint density at radius 2 is 2.11 bits per heavy atom. The van der Waals surface area contributed by atoms with Crippen LogP contribution in [-0.4, -0.2) is 29.6 Å². The van der Waals surface area contributed by atoms with Crippen molar-refractivity contribution >= 4 is 11.9 Å². The fourth-order valence-corrected chi connectivity index (χ4v) is 2.02. The maximum Gasteiger partial charge on any atom is 0.322 e. The number of amides is 1. The van der Waals surface area contributed by atoms with E-state index in [0.29, 0.717) is 11.3 Å². The van der Waals surface area contributed by atoms with Gasteiger partial charge < -0.3 is 15.2 Å². The molecule has 0 saturated carbocycles. The Morgan fingerprint density at radius 3 is 2.78 bits per heavy atom. The summed E-state index contributed by atoms with van der Waals surface area (Å²) in [5.74, 6) is -0.693. The Balaban J connectivity index is 2.26. The number of para-hydroxylation sites is 1. The third-order valence-electron chi connectivity index (χ3n) is 3.19. The molecule has 2 atom stereocenters. The lowest BCUT2D eigenvalue weighted by Crippen LogP contribution is -2.29. The standard InChI is InChI=1S/C13H15NO4/c1-7-8(2)18-12-9(7)4-3-5-10(12)13(17)14-6-11(15)16/h3-5,7-8H,6H2,1-2H3,(H,14,17)(H,15,16). The summed E-state index contributed by atoms with van der Waals surface area (Å²) in [6.07, 6.45) is 0.0217. The molecule has 0 aliphatic carbocycles. The summed E-state index contributed by atoms with van der Waals surface area (Å²) in [6.45, 7) is 3.59. The topological polar surface area (TPSA) is 75.6 Å². The molecule has 5 nitrogen and oxygen atoms in total. The van der Waals surface area contributed by atoms with Gasteiger partial charge in [0.15, 0.2) is 0 Å². The number of nitrogens with one attached hydrogen (secondary N) is 1. The molecule has 2 rings (SSSR count). The van der Waals surface area contributed by atoms with Crippen molar-refractivity contribution in [1.82, 2.24) is 5.32 Å². The van der Waals surface area contributed by atoms with E-state index >= 15 is 0 Å². The zero-order chi connectivity index (χ0) is 13.3. The third-order valence-corrected chi connectivity index (χ3v) is 3.19. The molecule has 1 amide bonds. The van der Waals surface area contributed by atoms with E-state index in [2.05, 4.69) is 5.32 Å². The molecular weight excluding hydrogens is 234 g/mol. The Bertz CT molecular complexity index is 498. The summed E-state index contributed by atoms with van der Waals surface area (Å²) in [6, 6.07) is 5.35. The van der Waals surface area contributed by atoms with Gasteiger partial charge in [-0.05, 0) is 13.0 Å². The number of carboxylic acid groups (broad SMARTS) is 1. The minimum atomic E-state index is -1.07. The van der Waals surface area contributed by atoms with Gasteiger partial charge in [0, 0.05) is 11.5 Å². The zero-order valence-corrected chi connectivity index (χ0v) is 10.3. The van der Waals surface area contributed by atoms with Crippen LogP contribution in [0.3, 0.4) is 0 Å². The lowest BCUT2D eigenvalue weighted by atomic mass is 9.97. The highest BCUT2D eigenvalue weighted by atomic mass is 16.5. The van der Waals surface area contributed by atoms with Crippen LogP contribution in [0, 0.1) is 0 Å². The number of hydrogen-bond donors (Lipinski definition) is 2. The van der Waals surface area contributed by atoms with Crippen LogP contribution in [0.4, 0.5) is 0 Å². The van der Waals surface area contributed by atoms with Crippen molar-refractivity contribution in [2.24, 2.45) is 0 Å². The van der Waals surface area contributed by atoms with Crippen LogP contribution < -0.4 is 10.1 Å². The molecule has 1 aromatic carbocycles. The predicted molar refractivity (Wildman–Crippen MR) is 64.9 cm³/mol. The van der Waals surface area contributed by atoms with E-state index in [1.807, 2.05) is 19.9 Å². The lowest BCUT2D eigenvalue weighted by Gasteiger charge is -2.09. The van der Waals surface area contributed by atoms with Crippen molar-refractivity contribution in [1.29, 1.82) is 0 Å². The Kier molecular flexibility index (Phi) is 3.23. The van der Waals surface area contributed by atoms with Gasteiger partial charge in [-0.25, -0.2) is 0 Å². The van der Waals surface area contributed by atoms with Crippen molar-refractivity contribution < 1.29 is 19.4 Å². The smallest absolute Gasteiger partial charge is 0.322 e. The minimum absolute atomic E-state index is 0.0217. The number of aliphatic carboxylic acids is 1. The quantitative estimate of drug-likeness (QED) is 0.848. The van der Waals surface area contributed by atoms with Gasteiger partial charge in [0.1, 0.15) is 18.4 Å². The first-order chi connectivity index (χ1) is 8.50. The van der Waals surface area contributed by atoms with Gasteiger partial charge in [-0.3, -0.25) is 9.59 Å². The van der Waals surface area contributed by atoms with Crippen molar-refractivity contribution in [3.8, 4) is 5.75 Å². The van der Waals surface area contributed by atoms with E-state index in [0.717, 1.165) is 5.56 Å². The van der Waals surface area contributed by atoms with Gasteiger partial charge in [-0.1, -0.05) is 19.1 Å². The molecular formula is C13H15NO4. The molecule has 2 unspecified atom stereocenters. The van der Waals surface area contributed by atoms with Gasteiger partial charge in [-0.2, -0.15) is 0 Å². The van der Waals surface area contributed by atoms with E-state index in [4.69, 9.17) is 9.84 Å². The molecule has 5 heteroatoms. The van der Waals surface area contributed by atoms with Crippen molar-refractivity contribution in [2.75, 3.05) is 6.54 Å². The highest BCUT2D eigenvalue weighted by Crippen LogP contribution is 2.40. The number of carbonyl (C=O) groups excluding carboxylic acids is 1. The Hall–Kier alpha value is -2.04. The Morgan fingerprint density at radius 1 is 1.39 bits per heavy atom. The second kappa shape index (κ2) is 4.68. The van der Waals surface area contributed by atoms with E-state index in [-0.39, 0.29) is 12.0 Å². The highest BCUT2D eigenvalue weighted by molar-refractivity contribution is 5.98. The first kappa shape index (κ1) is 12.4. The number of fused-ring (bicyclic) bond motifs is 1. The fraction of sp³-hybridized carbons (Fsp3) is 0.385. The molecule has 2 N–H and O–H groups in total. The number of hydrogen-bond acceptors (Lipinski definition) is 3. The number of carboxylic acids is 1. The molecule has 0 spiro atoms. The summed E-state index contributed by atoms with van der Waals surface area (Å²) < 4.78 is 5.67. The van der Waals surface area contributed by atoms with Crippen molar-refractivity contribution in [2.45, 2.75) is 25.9 Å². The molecule has 0 bridgehead atoms. The summed E-state index contributed by atoms with van der Waals surface area (Å²) in [5, 5.41) is 10.9. The largest absolute Gasteiger partial charge is 0.489 e. The first-order valence-electron chi connectivity index (χ1n) is 5.80. The molecule has 1 aliphatic heterocycles. The zero-order valence-electron chi connectivity index (χ0n) is 10.3. The van der Waals surface area contributed by atoms with Crippen LogP contribution >= 0.6 is 0 Å². The maximum atomic E-state index is 11.9. The second-order valence-electron chi connectivity index (χ2n) is 4.41. The maximum absolute atomic E-state index is 11.9. The average molecular weight is 249 g/mol. The van der Waals surface area contributed by atoms with Crippen molar-refractivity contribution in [3.63, 3.8) is 0 Å². The average Bonchev–Trinajstić information content (AvgIpc) is 2.62. The summed E-state index contributed by atoms with van der Waals surface area (Å²) >= 11 is 0. The van der Waals surface area contributed by atoms with Crippen molar-refractivity contribution in [3.05, 3.63) is 29.3 Å². The predicted octanol–water partition coefficient (Wildman–Crippen LogP) is 1.39. The summed E-state index contributed by atoms with van der Waals surface area (Å²) in [5.41, 5.74) is 1.38. The minimum Gasteiger partial charge on any atom is -0.489 e. The van der Waals surface area contributed by atoms with Gasteiger partial charge in [0.25, 0.3) is 5.91 Å². The van der Waals surface area contributed by atoms with Gasteiger partial charge >= 0.3 is 5.97 Å². The van der Waals surface area contributed by atoms with E-state index in [1.165, 1.54) is 0 Å². The molecule has 0 saturated heterocycles. The molecule has 1 aliphatic rings. The van der Waals surface area contributed by atoms with Crippen LogP contribution in [0.2, 0.25) is 0 Å². The van der Waals surface area contributed by atoms with Gasteiger partial charge in [0.2, 0.25) is 0 Å². The number of ether oxygens (including phenoxy) is 1. The van der Waals surface area contributed by atoms with Gasteiger partial charge in [-0.15, -0.1) is 0 Å². The Labute approximate surface area is 105 Å². The monoisotopic (exact) mass is 249 g/mol. The molecule has 0 fully saturated rings. The van der Waals surface area contributed by atoms with Crippen LogP contribution in [0.25, 0.3) is 0 Å². The molecule has 0 aromatic heterocycles. The molecule has 96 valence electrons. The lowest BCUT2D eigenvalue weighted by molar-refractivity contribution is -0.135. The van der Waals surface area contributed by atoms with Crippen LogP contribution in [-0.2, 0) is 4.79 Å². The molecule has 1 aromatic rings. The van der Waals surface area contributed by atoms with Gasteiger partial charge in [0.05, 0.1) is 5.56 Å². The molecule has 18 heavy (non-hydrogen) atoms.